The van der Waals surface area contributed by atoms with Gasteiger partial charge in [0.05, 0.1) is 0 Å². The number of carbonyl (C=O) groups is 1. The van der Waals surface area contributed by atoms with Gasteiger partial charge in [0.25, 0.3) is 0 Å². The largest absolute Gasteiger partial charge is 0.478 e. The van der Waals surface area contributed by atoms with E-state index in [1.54, 1.807) is 0 Å². The van der Waals surface area contributed by atoms with Crippen LogP contribution in [-0.2, 0) is 4.79 Å². The van der Waals surface area contributed by atoms with Crippen LogP contribution in [-0.4, -0.2) is 16.6 Å². The van der Waals surface area contributed by atoms with Gasteiger partial charge in [-0.05, 0) is 0 Å². The van der Waals surface area contributed by atoms with E-state index >= 15 is 0 Å². The van der Waals surface area contributed by atoms with Crippen LogP contribution in [0, 0.1) is 0 Å². The third kappa shape index (κ3) is 30.7. The molecule has 0 saturated heterocycles. The predicted octanol–water partition coefficient (Wildman–Crippen LogP) is -0.146. The second-order valence-electron chi connectivity index (χ2n) is 0.542. The maximum absolute atomic E-state index is 9.25. The molecule has 3 nitrogen and oxygen atoms in total. The lowest BCUT2D eigenvalue weighted by atomic mass is 10.7. The molecule has 0 rings (SSSR count). The topological polar surface area (TPSA) is 68.8 Å². The van der Waals surface area contributed by atoms with E-state index in [2.05, 4.69) is 6.58 Å². The summed E-state index contributed by atoms with van der Waals surface area (Å²) in [5, 5.41) is 7.60. The van der Waals surface area contributed by atoms with Crippen LogP contribution in [0.25, 0.3) is 0 Å². The molecule has 0 spiro atoms. The van der Waals surface area contributed by atoms with Crippen LogP contribution in [0.15, 0.2) is 12.7 Å². The smallest absolute Gasteiger partial charge is 0.327 e. The molecule has 0 fully saturated rings. The third-order valence-electron chi connectivity index (χ3n) is 0.175. The van der Waals surface area contributed by atoms with E-state index in [0.29, 0.717) is 0 Å². The molecule has 0 amide bonds. The van der Waals surface area contributed by atoms with E-state index < -0.39 is 5.97 Å². The first-order valence-electron chi connectivity index (χ1n) is 1.12. The Morgan fingerprint density at radius 2 is 1.86 bits per heavy atom. The Morgan fingerprint density at radius 1 is 1.71 bits per heavy atom. The first-order valence-corrected chi connectivity index (χ1v) is 1.12. The molecule has 0 bridgehead atoms. The number of aliphatic carboxylic acids is 1. The maximum Gasteiger partial charge on any atom is 0.327 e. The van der Waals surface area contributed by atoms with Gasteiger partial charge in [0.1, 0.15) is 0 Å². The zero-order chi connectivity index (χ0) is 4.28. The molecule has 7 heavy (non-hydrogen) atoms. The summed E-state index contributed by atoms with van der Waals surface area (Å²) < 4.78 is 0. The van der Waals surface area contributed by atoms with Crippen LogP contribution in [0.1, 0.15) is 0 Å². The molecule has 0 aliphatic heterocycles. The monoisotopic (exact) mass is 126 g/mol. The second-order valence-corrected chi connectivity index (χ2v) is 0.542. The van der Waals surface area contributed by atoms with Crippen LogP contribution in [0.4, 0.5) is 0 Å². The van der Waals surface area contributed by atoms with Gasteiger partial charge in [-0.2, -0.15) is 0 Å². The van der Waals surface area contributed by atoms with Crippen LogP contribution in [0.5, 0.6) is 0 Å². The minimum absolute atomic E-state index is 0. The number of halogens is 1. The lowest BCUT2D eigenvalue weighted by Crippen LogP contribution is -1.82. The molecule has 0 aromatic carbocycles. The molecule has 0 atom stereocenters. The van der Waals surface area contributed by atoms with Crippen molar-refractivity contribution in [3.63, 3.8) is 0 Å². The standard InChI is InChI=1S/C3H4O2.ClH.H2O/c1-2-3(4)5;;/h2H,1H2,(H,4,5);1H;1H2. The molecule has 3 N–H and O–H groups in total. The molecule has 0 unspecified atom stereocenters. The van der Waals surface area contributed by atoms with Crippen molar-refractivity contribution in [1.29, 1.82) is 0 Å². The second kappa shape index (κ2) is 9.07. The average Bonchev–Trinajstić information content (AvgIpc) is 1.38. The van der Waals surface area contributed by atoms with Gasteiger partial charge in [0.15, 0.2) is 0 Å². The highest BCUT2D eigenvalue weighted by atomic mass is 35.5. The highest BCUT2D eigenvalue weighted by molar-refractivity contribution is 5.85. The highest BCUT2D eigenvalue weighted by Gasteiger charge is 1.73. The summed E-state index contributed by atoms with van der Waals surface area (Å²) in [4.78, 5) is 9.25. The van der Waals surface area contributed by atoms with Crippen molar-refractivity contribution in [2.75, 3.05) is 0 Å². The van der Waals surface area contributed by atoms with E-state index in [0.717, 1.165) is 6.08 Å². The molecule has 0 saturated carbocycles. The molecular weight excluding hydrogens is 119 g/mol. The summed E-state index contributed by atoms with van der Waals surface area (Å²) >= 11 is 0. The molecule has 0 aliphatic carbocycles. The van der Waals surface area contributed by atoms with Gasteiger partial charge in [-0.25, -0.2) is 4.79 Å². The first kappa shape index (κ1) is 16.1. The van der Waals surface area contributed by atoms with Crippen LogP contribution >= 0.6 is 12.4 Å². The third-order valence-corrected chi connectivity index (χ3v) is 0.175. The molecule has 0 heterocycles. The fraction of sp³-hybridized carbons (Fsp3) is 0. The maximum atomic E-state index is 9.25. The molecule has 0 aliphatic rings. The van der Waals surface area contributed by atoms with Gasteiger partial charge in [-0.15, -0.1) is 12.4 Å². The van der Waals surface area contributed by atoms with Gasteiger partial charge < -0.3 is 10.6 Å². The summed E-state index contributed by atoms with van der Waals surface area (Å²) in [7, 11) is 0. The Morgan fingerprint density at radius 3 is 1.86 bits per heavy atom. The normalized spacial score (nSPS) is 4.57. The Balaban J connectivity index is -0.0000000800. The van der Waals surface area contributed by atoms with Gasteiger partial charge in [0.2, 0.25) is 0 Å². The van der Waals surface area contributed by atoms with Gasteiger partial charge in [-0.3, -0.25) is 0 Å². The summed E-state index contributed by atoms with van der Waals surface area (Å²) in [6, 6.07) is 0. The van der Waals surface area contributed by atoms with Crippen molar-refractivity contribution < 1.29 is 15.4 Å². The SMILES string of the molecule is C=CC(=O)O.Cl.O. The quantitative estimate of drug-likeness (QED) is 0.497. The lowest BCUT2D eigenvalue weighted by molar-refractivity contribution is -0.131. The minimum atomic E-state index is -0.981. The summed E-state index contributed by atoms with van der Waals surface area (Å²) in [5.74, 6) is -0.981. The fourth-order valence-electron chi connectivity index (χ4n) is 0. The minimum Gasteiger partial charge on any atom is -0.478 e. The van der Waals surface area contributed by atoms with Crippen LogP contribution < -0.4 is 0 Å². The van der Waals surface area contributed by atoms with E-state index in [-0.39, 0.29) is 17.9 Å². The van der Waals surface area contributed by atoms with Crippen molar-refractivity contribution in [2.45, 2.75) is 0 Å². The molecule has 4 heteroatoms. The van der Waals surface area contributed by atoms with E-state index in [9.17, 15) is 4.79 Å². The lowest BCUT2D eigenvalue weighted by Gasteiger charge is -1.64. The molecule has 44 valence electrons. The first-order chi connectivity index (χ1) is 2.27. The van der Waals surface area contributed by atoms with E-state index in [1.165, 1.54) is 0 Å². The number of hydrogen-bond acceptors (Lipinski definition) is 1. The number of rotatable bonds is 1. The zero-order valence-corrected chi connectivity index (χ0v) is 4.36. The summed E-state index contributed by atoms with van der Waals surface area (Å²) in [6.07, 6.45) is 0.833. The molecular formula is C3H7ClO3. The van der Waals surface area contributed by atoms with Gasteiger partial charge in [0, 0.05) is 6.08 Å². The van der Waals surface area contributed by atoms with Crippen molar-refractivity contribution in [2.24, 2.45) is 0 Å². The predicted molar refractivity (Wildman–Crippen MR) is 28.7 cm³/mol. The van der Waals surface area contributed by atoms with Crippen LogP contribution in [0.2, 0.25) is 0 Å². The average molecular weight is 127 g/mol. The van der Waals surface area contributed by atoms with Crippen LogP contribution in [0.3, 0.4) is 0 Å². The summed E-state index contributed by atoms with van der Waals surface area (Å²) in [5.41, 5.74) is 0. The Kier molecular flexibility index (Phi) is 20.8. The van der Waals surface area contributed by atoms with E-state index in [1.807, 2.05) is 0 Å². The van der Waals surface area contributed by atoms with Gasteiger partial charge >= 0.3 is 5.97 Å². The van der Waals surface area contributed by atoms with Crippen molar-refractivity contribution in [3.05, 3.63) is 12.7 Å². The number of carboxylic acid groups (broad SMARTS) is 1. The Hall–Kier alpha value is -0.540. The van der Waals surface area contributed by atoms with Crippen molar-refractivity contribution >= 4 is 18.4 Å². The molecule has 0 aromatic rings. The van der Waals surface area contributed by atoms with Gasteiger partial charge in [-0.1, -0.05) is 6.58 Å². The Bertz CT molecular complexity index is 61.2. The fourth-order valence-corrected chi connectivity index (χ4v) is 0. The number of carboxylic acids is 1. The van der Waals surface area contributed by atoms with E-state index in [4.69, 9.17) is 5.11 Å². The van der Waals surface area contributed by atoms with Crippen molar-refractivity contribution in [1.82, 2.24) is 0 Å². The molecule has 0 aromatic heterocycles. The highest BCUT2D eigenvalue weighted by Crippen LogP contribution is 1.54. The number of hydrogen-bond donors (Lipinski definition) is 1. The zero-order valence-electron chi connectivity index (χ0n) is 3.55. The summed E-state index contributed by atoms with van der Waals surface area (Å²) in [6.45, 7) is 2.96. The molecule has 0 radical (unpaired) electrons. The Labute approximate surface area is 47.4 Å². The van der Waals surface area contributed by atoms with Crippen molar-refractivity contribution in [3.8, 4) is 0 Å².